The number of anilines is 1. The van der Waals surface area contributed by atoms with E-state index in [9.17, 15) is 4.79 Å². The Hall–Kier alpha value is -1.29. The molecule has 0 aliphatic carbocycles. The number of nitrogens with one attached hydrogen (secondary N) is 1. The van der Waals surface area contributed by atoms with Gasteiger partial charge in [-0.2, -0.15) is 0 Å². The minimum atomic E-state index is -0.0392. The molecule has 1 amide bonds. The van der Waals surface area contributed by atoms with Gasteiger partial charge in [-0.25, -0.2) is 4.98 Å². The second kappa shape index (κ2) is 5.70. The number of pyridine rings is 1. The number of nitrogens with zero attached hydrogens (tertiary/aromatic N) is 2. The minimum absolute atomic E-state index is 0.0392. The van der Waals surface area contributed by atoms with Crippen molar-refractivity contribution in [1.82, 2.24) is 9.88 Å². The van der Waals surface area contributed by atoms with Crippen LogP contribution in [0.15, 0.2) is 12.1 Å². The first kappa shape index (κ1) is 12.8. The highest BCUT2D eigenvalue weighted by Gasteiger charge is 2.12. The smallest absolute Gasteiger partial charge is 0.253 e. The van der Waals surface area contributed by atoms with Gasteiger partial charge in [0.1, 0.15) is 11.0 Å². The number of amides is 1. The van der Waals surface area contributed by atoms with Gasteiger partial charge < -0.3 is 10.2 Å². The Morgan fingerprint density at radius 1 is 1.56 bits per heavy atom. The van der Waals surface area contributed by atoms with E-state index in [-0.39, 0.29) is 5.91 Å². The first-order valence-corrected chi connectivity index (χ1v) is 5.57. The third-order valence-electron chi connectivity index (χ3n) is 2.20. The molecule has 5 heteroatoms. The molecule has 0 atom stereocenters. The van der Waals surface area contributed by atoms with E-state index in [4.69, 9.17) is 11.6 Å². The van der Waals surface area contributed by atoms with Gasteiger partial charge in [0, 0.05) is 26.2 Å². The number of halogens is 1. The molecule has 0 radical (unpaired) electrons. The maximum absolute atomic E-state index is 12.0. The molecule has 1 N–H and O–H groups in total. The van der Waals surface area contributed by atoms with E-state index in [1.807, 2.05) is 6.92 Å². The molecular weight excluding hydrogens is 226 g/mol. The first-order valence-electron chi connectivity index (χ1n) is 5.19. The number of rotatable bonds is 4. The predicted molar refractivity (Wildman–Crippen MR) is 66.0 cm³/mol. The molecule has 1 aromatic rings. The molecule has 16 heavy (non-hydrogen) atoms. The molecule has 1 aromatic heterocycles. The fraction of sp³-hybridized carbons (Fsp3) is 0.455. The van der Waals surface area contributed by atoms with Crippen molar-refractivity contribution in [3.8, 4) is 0 Å². The summed E-state index contributed by atoms with van der Waals surface area (Å²) in [7, 11) is 3.52. The molecule has 0 aromatic carbocycles. The summed E-state index contributed by atoms with van der Waals surface area (Å²) < 4.78 is 0. The lowest BCUT2D eigenvalue weighted by atomic mass is 10.2. The topological polar surface area (TPSA) is 45.2 Å². The van der Waals surface area contributed by atoms with Gasteiger partial charge in [-0.1, -0.05) is 18.5 Å². The Bertz CT molecular complexity index is 381. The quantitative estimate of drug-likeness (QED) is 0.823. The van der Waals surface area contributed by atoms with Gasteiger partial charge in [0.2, 0.25) is 0 Å². The van der Waals surface area contributed by atoms with Gasteiger partial charge in [0.15, 0.2) is 0 Å². The average molecular weight is 242 g/mol. The predicted octanol–water partition coefficient (Wildman–Crippen LogP) is 2.26. The number of hydrogen-bond donors (Lipinski definition) is 1. The summed E-state index contributed by atoms with van der Waals surface area (Å²) >= 11 is 5.83. The van der Waals surface area contributed by atoms with Crippen LogP contribution in [0, 0.1) is 0 Å². The lowest BCUT2D eigenvalue weighted by Gasteiger charge is -2.16. The van der Waals surface area contributed by atoms with Crippen LogP contribution in [0.1, 0.15) is 23.7 Å². The van der Waals surface area contributed by atoms with E-state index >= 15 is 0 Å². The van der Waals surface area contributed by atoms with Gasteiger partial charge in [-0.05, 0) is 18.6 Å². The fourth-order valence-electron chi connectivity index (χ4n) is 1.41. The zero-order valence-corrected chi connectivity index (χ0v) is 10.5. The van der Waals surface area contributed by atoms with Crippen LogP contribution < -0.4 is 5.32 Å². The summed E-state index contributed by atoms with van der Waals surface area (Å²) in [5, 5.41) is 3.19. The molecule has 0 saturated carbocycles. The van der Waals surface area contributed by atoms with Crippen molar-refractivity contribution in [3.63, 3.8) is 0 Å². The molecule has 0 spiro atoms. The van der Waals surface area contributed by atoms with Crippen LogP contribution in [0.2, 0.25) is 5.15 Å². The average Bonchev–Trinajstić information content (AvgIpc) is 2.27. The highest BCUT2D eigenvalue weighted by molar-refractivity contribution is 6.29. The van der Waals surface area contributed by atoms with Crippen molar-refractivity contribution in [2.75, 3.05) is 26.0 Å². The van der Waals surface area contributed by atoms with Gasteiger partial charge >= 0.3 is 0 Å². The van der Waals surface area contributed by atoms with E-state index in [1.54, 1.807) is 31.1 Å². The zero-order valence-electron chi connectivity index (χ0n) is 9.75. The van der Waals surface area contributed by atoms with E-state index in [1.165, 1.54) is 0 Å². The zero-order chi connectivity index (χ0) is 12.1. The molecule has 0 aliphatic rings. The SMILES string of the molecule is CCCN(C)C(=O)c1cc(Cl)nc(NC)c1. The van der Waals surface area contributed by atoms with Crippen molar-refractivity contribution < 1.29 is 4.79 Å². The Balaban J connectivity index is 2.94. The Labute approximate surface area is 101 Å². The Kier molecular flexibility index (Phi) is 4.55. The third kappa shape index (κ3) is 3.10. The molecule has 1 rings (SSSR count). The van der Waals surface area contributed by atoms with Crippen molar-refractivity contribution in [2.45, 2.75) is 13.3 Å². The minimum Gasteiger partial charge on any atom is -0.373 e. The Morgan fingerprint density at radius 2 is 2.25 bits per heavy atom. The van der Waals surface area contributed by atoms with Crippen molar-refractivity contribution >= 4 is 23.3 Å². The van der Waals surface area contributed by atoms with Crippen LogP contribution >= 0.6 is 11.6 Å². The number of hydrogen-bond acceptors (Lipinski definition) is 3. The molecule has 1 heterocycles. The summed E-state index contributed by atoms with van der Waals surface area (Å²) in [6, 6.07) is 3.28. The van der Waals surface area contributed by atoms with Crippen LogP contribution in [0.3, 0.4) is 0 Å². The standard InChI is InChI=1S/C11H16ClN3O/c1-4-5-15(3)11(16)8-6-9(12)14-10(7-8)13-2/h6-7H,4-5H2,1-3H3,(H,13,14). The lowest BCUT2D eigenvalue weighted by Crippen LogP contribution is -2.27. The molecule has 88 valence electrons. The van der Waals surface area contributed by atoms with Crippen LogP contribution in [0.5, 0.6) is 0 Å². The van der Waals surface area contributed by atoms with Gasteiger partial charge in [-0.3, -0.25) is 4.79 Å². The maximum atomic E-state index is 12.0. The number of aromatic nitrogens is 1. The monoisotopic (exact) mass is 241 g/mol. The van der Waals surface area contributed by atoms with E-state index < -0.39 is 0 Å². The largest absolute Gasteiger partial charge is 0.373 e. The fourth-order valence-corrected chi connectivity index (χ4v) is 1.61. The van der Waals surface area contributed by atoms with Gasteiger partial charge in [0.05, 0.1) is 0 Å². The summed E-state index contributed by atoms with van der Waals surface area (Å²) in [6.07, 6.45) is 0.930. The summed E-state index contributed by atoms with van der Waals surface area (Å²) in [6.45, 7) is 2.76. The first-order chi connectivity index (χ1) is 7.58. The second-order valence-electron chi connectivity index (χ2n) is 3.54. The highest BCUT2D eigenvalue weighted by atomic mass is 35.5. The summed E-state index contributed by atoms with van der Waals surface area (Å²) in [5.41, 5.74) is 0.556. The van der Waals surface area contributed by atoms with Crippen LogP contribution in [0.4, 0.5) is 5.82 Å². The third-order valence-corrected chi connectivity index (χ3v) is 2.40. The van der Waals surface area contributed by atoms with E-state index in [0.29, 0.717) is 16.5 Å². The maximum Gasteiger partial charge on any atom is 0.253 e. The van der Waals surface area contributed by atoms with E-state index in [2.05, 4.69) is 10.3 Å². The molecule has 4 nitrogen and oxygen atoms in total. The van der Waals surface area contributed by atoms with Crippen molar-refractivity contribution in [3.05, 3.63) is 22.8 Å². The highest BCUT2D eigenvalue weighted by Crippen LogP contribution is 2.15. The summed E-state index contributed by atoms with van der Waals surface area (Å²) in [4.78, 5) is 17.7. The molecule has 0 saturated heterocycles. The van der Waals surface area contributed by atoms with Crippen LogP contribution in [0.25, 0.3) is 0 Å². The van der Waals surface area contributed by atoms with Crippen LogP contribution in [-0.4, -0.2) is 36.4 Å². The van der Waals surface area contributed by atoms with Crippen LogP contribution in [-0.2, 0) is 0 Å². The second-order valence-corrected chi connectivity index (χ2v) is 3.93. The van der Waals surface area contributed by atoms with Crippen molar-refractivity contribution in [2.24, 2.45) is 0 Å². The van der Waals surface area contributed by atoms with Crippen molar-refractivity contribution in [1.29, 1.82) is 0 Å². The lowest BCUT2D eigenvalue weighted by molar-refractivity contribution is 0.0795. The molecule has 0 fully saturated rings. The van der Waals surface area contributed by atoms with Gasteiger partial charge in [-0.15, -0.1) is 0 Å². The van der Waals surface area contributed by atoms with E-state index in [0.717, 1.165) is 13.0 Å². The van der Waals surface area contributed by atoms with Gasteiger partial charge in [0.25, 0.3) is 5.91 Å². The molecule has 0 aliphatic heterocycles. The molecule has 0 unspecified atom stereocenters. The number of carbonyl (C=O) groups is 1. The summed E-state index contributed by atoms with van der Waals surface area (Å²) in [5.74, 6) is 0.559. The normalized spacial score (nSPS) is 10.0. The molecular formula is C11H16ClN3O. The number of carbonyl (C=O) groups excluding carboxylic acids is 1. The molecule has 0 bridgehead atoms. The Morgan fingerprint density at radius 3 is 2.81 bits per heavy atom.